The number of hydrogen-bond donors (Lipinski definition) is 1. The second kappa shape index (κ2) is 6.06. The van der Waals surface area contributed by atoms with Crippen molar-refractivity contribution >= 4 is 5.91 Å². The third-order valence-electron chi connectivity index (χ3n) is 3.40. The fourth-order valence-corrected chi connectivity index (χ4v) is 2.44. The van der Waals surface area contributed by atoms with Crippen molar-refractivity contribution in [3.8, 4) is 5.75 Å². The Morgan fingerprint density at radius 2 is 1.74 bits per heavy atom. The van der Waals surface area contributed by atoms with E-state index in [-0.39, 0.29) is 11.7 Å². The first-order valence-electron chi connectivity index (χ1n) is 6.87. The summed E-state index contributed by atoms with van der Waals surface area (Å²) in [5.41, 5.74) is 0.648. The molecule has 1 aromatic rings. The Labute approximate surface area is 114 Å². The van der Waals surface area contributed by atoms with Gasteiger partial charge in [0.15, 0.2) is 0 Å². The van der Waals surface area contributed by atoms with Gasteiger partial charge < -0.3 is 10.0 Å². The number of benzene rings is 1. The van der Waals surface area contributed by atoms with Gasteiger partial charge in [-0.25, -0.2) is 0 Å². The molecule has 2 rings (SSSR count). The summed E-state index contributed by atoms with van der Waals surface area (Å²) in [6, 6.07) is 6.47. The average molecular weight is 262 g/mol. The third-order valence-corrected chi connectivity index (χ3v) is 3.40. The third kappa shape index (κ3) is 3.70. The number of carbonyl (C=O) groups is 1. The van der Waals surface area contributed by atoms with Crippen molar-refractivity contribution < 1.29 is 9.90 Å². The monoisotopic (exact) mass is 262 g/mol. The lowest BCUT2D eigenvalue weighted by Crippen LogP contribution is -2.49. The lowest BCUT2D eigenvalue weighted by atomic mass is 10.1. The Morgan fingerprint density at radius 3 is 2.26 bits per heavy atom. The van der Waals surface area contributed by atoms with Gasteiger partial charge in [0.2, 0.25) is 0 Å². The number of hydrogen-bond acceptors (Lipinski definition) is 3. The maximum Gasteiger partial charge on any atom is 0.253 e. The summed E-state index contributed by atoms with van der Waals surface area (Å²) in [7, 11) is 0. The zero-order valence-corrected chi connectivity index (χ0v) is 11.7. The van der Waals surface area contributed by atoms with E-state index in [1.807, 2.05) is 4.90 Å². The number of nitrogens with zero attached hydrogens (tertiary/aromatic N) is 2. The molecule has 0 radical (unpaired) electrons. The van der Waals surface area contributed by atoms with E-state index in [2.05, 4.69) is 18.7 Å². The van der Waals surface area contributed by atoms with Crippen LogP contribution in [0.15, 0.2) is 24.3 Å². The second-order valence-corrected chi connectivity index (χ2v) is 5.53. The first-order valence-corrected chi connectivity index (χ1v) is 6.87. The maximum absolute atomic E-state index is 12.3. The van der Waals surface area contributed by atoms with Gasteiger partial charge in [-0.15, -0.1) is 0 Å². The van der Waals surface area contributed by atoms with Gasteiger partial charge in [-0.3, -0.25) is 9.69 Å². The number of carbonyl (C=O) groups excluding carboxylic acids is 1. The summed E-state index contributed by atoms with van der Waals surface area (Å²) < 4.78 is 0. The molecule has 0 atom stereocenters. The van der Waals surface area contributed by atoms with E-state index in [0.29, 0.717) is 11.5 Å². The molecule has 1 aromatic carbocycles. The smallest absolute Gasteiger partial charge is 0.253 e. The van der Waals surface area contributed by atoms with Crippen molar-refractivity contribution in [2.75, 3.05) is 32.7 Å². The van der Waals surface area contributed by atoms with Crippen molar-refractivity contribution in [1.82, 2.24) is 9.80 Å². The lowest BCUT2D eigenvalue weighted by Gasteiger charge is -2.35. The number of phenols is 1. The molecule has 4 nitrogen and oxygen atoms in total. The lowest BCUT2D eigenvalue weighted by molar-refractivity contribution is 0.0624. The fourth-order valence-electron chi connectivity index (χ4n) is 2.44. The number of rotatable bonds is 3. The van der Waals surface area contributed by atoms with Crippen LogP contribution in [0, 0.1) is 5.92 Å². The average Bonchev–Trinajstić information content (AvgIpc) is 2.39. The minimum Gasteiger partial charge on any atom is -0.508 e. The van der Waals surface area contributed by atoms with Crippen molar-refractivity contribution in [3.63, 3.8) is 0 Å². The standard InChI is InChI=1S/C15H22N2O2/c1-12(2)11-16-7-9-17(10-8-16)15(19)13-3-5-14(18)6-4-13/h3-6,12,18H,7-11H2,1-2H3. The molecule has 1 heterocycles. The highest BCUT2D eigenvalue weighted by Gasteiger charge is 2.22. The van der Waals surface area contributed by atoms with Crippen LogP contribution in [0.25, 0.3) is 0 Å². The Kier molecular flexibility index (Phi) is 4.43. The molecule has 4 heteroatoms. The van der Waals surface area contributed by atoms with Gasteiger partial charge in [0.1, 0.15) is 5.75 Å². The molecule has 1 aliphatic rings. The SMILES string of the molecule is CC(C)CN1CCN(C(=O)c2ccc(O)cc2)CC1. The molecule has 19 heavy (non-hydrogen) atoms. The maximum atomic E-state index is 12.3. The van der Waals surface area contributed by atoms with Crippen molar-refractivity contribution in [2.24, 2.45) is 5.92 Å². The van der Waals surface area contributed by atoms with Gasteiger partial charge in [-0.2, -0.15) is 0 Å². The molecule has 1 saturated heterocycles. The zero-order valence-electron chi connectivity index (χ0n) is 11.7. The first kappa shape index (κ1) is 13.9. The predicted molar refractivity (Wildman–Crippen MR) is 75.3 cm³/mol. The molecular weight excluding hydrogens is 240 g/mol. The summed E-state index contributed by atoms with van der Waals surface area (Å²) in [6.45, 7) is 8.99. The first-order chi connectivity index (χ1) is 9.06. The van der Waals surface area contributed by atoms with E-state index in [1.54, 1.807) is 24.3 Å². The Hall–Kier alpha value is -1.55. The molecular formula is C15H22N2O2. The van der Waals surface area contributed by atoms with Crippen LogP contribution in [-0.2, 0) is 0 Å². The molecule has 0 unspecified atom stereocenters. The van der Waals surface area contributed by atoms with E-state index < -0.39 is 0 Å². The largest absolute Gasteiger partial charge is 0.508 e. The van der Waals surface area contributed by atoms with E-state index >= 15 is 0 Å². The van der Waals surface area contributed by atoms with Gasteiger partial charge >= 0.3 is 0 Å². The van der Waals surface area contributed by atoms with E-state index in [4.69, 9.17) is 0 Å². The molecule has 0 saturated carbocycles. The zero-order chi connectivity index (χ0) is 13.8. The van der Waals surface area contributed by atoms with E-state index in [0.717, 1.165) is 32.7 Å². The van der Waals surface area contributed by atoms with Crippen LogP contribution in [0.5, 0.6) is 5.75 Å². The normalized spacial score (nSPS) is 16.9. The Balaban J connectivity index is 1.90. The molecule has 0 bridgehead atoms. The van der Waals surface area contributed by atoms with Crippen molar-refractivity contribution in [1.29, 1.82) is 0 Å². The molecule has 1 N–H and O–H groups in total. The van der Waals surface area contributed by atoms with Crippen molar-refractivity contribution in [2.45, 2.75) is 13.8 Å². The number of piperazine rings is 1. The summed E-state index contributed by atoms with van der Waals surface area (Å²) in [5.74, 6) is 0.918. The minimum absolute atomic E-state index is 0.0594. The van der Waals surface area contributed by atoms with Gasteiger partial charge in [-0.1, -0.05) is 13.8 Å². The van der Waals surface area contributed by atoms with Crippen LogP contribution in [-0.4, -0.2) is 53.5 Å². The van der Waals surface area contributed by atoms with Crippen LogP contribution in [0.2, 0.25) is 0 Å². The van der Waals surface area contributed by atoms with Crippen LogP contribution in [0.4, 0.5) is 0 Å². The van der Waals surface area contributed by atoms with Crippen LogP contribution in [0.3, 0.4) is 0 Å². The molecule has 1 fully saturated rings. The number of phenolic OH excluding ortho intramolecular Hbond substituents is 1. The van der Waals surface area contributed by atoms with Gasteiger partial charge in [0, 0.05) is 38.3 Å². The van der Waals surface area contributed by atoms with Gasteiger partial charge in [-0.05, 0) is 30.2 Å². The van der Waals surface area contributed by atoms with Crippen LogP contribution in [0.1, 0.15) is 24.2 Å². The molecule has 1 aliphatic heterocycles. The summed E-state index contributed by atoms with van der Waals surface area (Å²) in [4.78, 5) is 16.6. The van der Waals surface area contributed by atoms with Crippen LogP contribution >= 0.6 is 0 Å². The van der Waals surface area contributed by atoms with Gasteiger partial charge in [0.25, 0.3) is 5.91 Å². The molecule has 0 aliphatic carbocycles. The summed E-state index contributed by atoms with van der Waals surface area (Å²) in [6.07, 6.45) is 0. The quantitative estimate of drug-likeness (QED) is 0.903. The number of aromatic hydroxyl groups is 1. The second-order valence-electron chi connectivity index (χ2n) is 5.53. The predicted octanol–water partition coefficient (Wildman–Crippen LogP) is 1.81. The summed E-state index contributed by atoms with van der Waals surface area (Å²) >= 11 is 0. The highest BCUT2D eigenvalue weighted by Crippen LogP contribution is 2.13. The minimum atomic E-state index is 0.0594. The van der Waals surface area contributed by atoms with E-state index in [1.165, 1.54) is 0 Å². The highest BCUT2D eigenvalue weighted by atomic mass is 16.3. The number of amides is 1. The van der Waals surface area contributed by atoms with Gasteiger partial charge in [0.05, 0.1) is 0 Å². The fraction of sp³-hybridized carbons (Fsp3) is 0.533. The molecule has 0 aromatic heterocycles. The summed E-state index contributed by atoms with van der Waals surface area (Å²) in [5, 5.41) is 9.24. The molecule has 1 amide bonds. The highest BCUT2D eigenvalue weighted by molar-refractivity contribution is 5.94. The van der Waals surface area contributed by atoms with Crippen LogP contribution < -0.4 is 0 Å². The Morgan fingerprint density at radius 1 is 1.16 bits per heavy atom. The van der Waals surface area contributed by atoms with Crippen molar-refractivity contribution in [3.05, 3.63) is 29.8 Å². The topological polar surface area (TPSA) is 43.8 Å². The van der Waals surface area contributed by atoms with E-state index in [9.17, 15) is 9.90 Å². The molecule has 104 valence electrons. The molecule has 0 spiro atoms. The Bertz CT molecular complexity index is 420.